The highest BCUT2D eigenvalue weighted by Gasteiger charge is 2.38. The van der Waals surface area contributed by atoms with Crippen molar-refractivity contribution in [2.75, 3.05) is 6.54 Å². The number of rotatable bonds is 3. The molecular formula is C18H18F2N2O2. The van der Waals surface area contributed by atoms with Gasteiger partial charge < -0.3 is 15.0 Å². The van der Waals surface area contributed by atoms with Gasteiger partial charge >= 0.3 is 0 Å². The second-order valence-electron chi connectivity index (χ2n) is 6.62. The zero-order valence-electron chi connectivity index (χ0n) is 13.0. The van der Waals surface area contributed by atoms with Gasteiger partial charge in [0, 0.05) is 18.4 Å². The number of β-amino-alcohol motifs (C(OH)–C–C–N with tert-alkyl or cyclic N) is 1. The van der Waals surface area contributed by atoms with E-state index in [1.165, 1.54) is 6.07 Å². The van der Waals surface area contributed by atoms with Gasteiger partial charge in [-0.3, -0.25) is 4.79 Å². The number of aliphatic hydroxyl groups excluding tert-OH is 1. The number of hydrogen-bond donors (Lipinski definition) is 2. The molecule has 0 spiro atoms. The fourth-order valence-electron chi connectivity index (χ4n) is 3.51. The zero-order valence-corrected chi connectivity index (χ0v) is 13.0. The van der Waals surface area contributed by atoms with E-state index >= 15 is 0 Å². The fourth-order valence-corrected chi connectivity index (χ4v) is 3.51. The van der Waals surface area contributed by atoms with E-state index in [2.05, 4.69) is 4.98 Å². The summed E-state index contributed by atoms with van der Waals surface area (Å²) in [6.07, 6.45) is 3.53. The zero-order chi connectivity index (χ0) is 16.8. The van der Waals surface area contributed by atoms with Crippen LogP contribution in [0.1, 0.15) is 52.8 Å². The SMILES string of the molecule is O=C(c1cc[nH]c1C1CC1)N1C[C@@H](O)C[C@@H]1c1ccc(F)c(F)c1. The second-order valence-corrected chi connectivity index (χ2v) is 6.62. The summed E-state index contributed by atoms with van der Waals surface area (Å²) in [6.45, 7) is 0.192. The van der Waals surface area contributed by atoms with Crippen LogP contribution in [0.25, 0.3) is 0 Å². The van der Waals surface area contributed by atoms with Gasteiger partial charge in [-0.05, 0) is 48.9 Å². The predicted octanol–water partition coefficient (Wildman–Crippen LogP) is 3.12. The largest absolute Gasteiger partial charge is 0.391 e. The lowest BCUT2D eigenvalue weighted by Gasteiger charge is -2.25. The third-order valence-corrected chi connectivity index (χ3v) is 4.86. The topological polar surface area (TPSA) is 56.3 Å². The first-order chi connectivity index (χ1) is 11.5. The maximum absolute atomic E-state index is 13.6. The summed E-state index contributed by atoms with van der Waals surface area (Å²) in [4.78, 5) is 17.7. The van der Waals surface area contributed by atoms with Gasteiger partial charge in [0.25, 0.3) is 5.91 Å². The summed E-state index contributed by atoms with van der Waals surface area (Å²) in [7, 11) is 0. The van der Waals surface area contributed by atoms with Crippen LogP contribution in [0.2, 0.25) is 0 Å². The van der Waals surface area contributed by atoms with Crippen LogP contribution in [-0.2, 0) is 0 Å². The molecule has 4 nitrogen and oxygen atoms in total. The Hall–Kier alpha value is -2.21. The van der Waals surface area contributed by atoms with Crippen LogP contribution in [0.3, 0.4) is 0 Å². The summed E-state index contributed by atoms with van der Waals surface area (Å²) in [5, 5.41) is 10.0. The molecule has 2 heterocycles. The average Bonchev–Trinajstić information content (AvgIpc) is 3.15. The molecule has 6 heteroatoms. The molecule has 0 radical (unpaired) electrons. The van der Waals surface area contributed by atoms with Crippen molar-refractivity contribution in [1.82, 2.24) is 9.88 Å². The summed E-state index contributed by atoms with van der Waals surface area (Å²) in [5.74, 6) is -1.64. The van der Waals surface area contributed by atoms with Crippen molar-refractivity contribution >= 4 is 5.91 Å². The normalized spacial score (nSPS) is 23.7. The summed E-state index contributed by atoms with van der Waals surface area (Å²) >= 11 is 0. The third-order valence-electron chi connectivity index (χ3n) is 4.86. The lowest BCUT2D eigenvalue weighted by molar-refractivity contribution is 0.0714. The number of carbonyl (C=O) groups is 1. The number of hydrogen-bond acceptors (Lipinski definition) is 2. The minimum atomic E-state index is -0.943. The van der Waals surface area contributed by atoms with Crippen LogP contribution in [-0.4, -0.2) is 33.5 Å². The van der Waals surface area contributed by atoms with E-state index < -0.39 is 23.8 Å². The van der Waals surface area contributed by atoms with Crippen molar-refractivity contribution in [3.8, 4) is 0 Å². The van der Waals surface area contributed by atoms with Crippen molar-refractivity contribution in [1.29, 1.82) is 0 Å². The molecule has 1 saturated carbocycles. The quantitative estimate of drug-likeness (QED) is 0.907. The van der Waals surface area contributed by atoms with Gasteiger partial charge in [-0.2, -0.15) is 0 Å². The Kier molecular flexibility index (Phi) is 3.64. The van der Waals surface area contributed by atoms with E-state index in [0.717, 1.165) is 30.7 Å². The first kappa shape index (κ1) is 15.3. The molecule has 1 aromatic carbocycles. The standard InChI is InChI=1S/C18H18F2N2O2/c19-14-4-3-11(7-15(14)20)16-8-12(23)9-22(16)18(24)13-5-6-21-17(13)10-1-2-10/h3-7,10,12,16,21,23H,1-2,8-9H2/t12-,16+/m0/s1. The lowest BCUT2D eigenvalue weighted by Crippen LogP contribution is -2.32. The highest BCUT2D eigenvalue weighted by molar-refractivity contribution is 5.96. The monoisotopic (exact) mass is 332 g/mol. The number of benzene rings is 1. The number of aromatic amines is 1. The number of carbonyl (C=O) groups excluding carboxylic acids is 1. The summed E-state index contributed by atoms with van der Waals surface area (Å²) in [5.41, 5.74) is 2.05. The number of nitrogens with zero attached hydrogens (tertiary/aromatic N) is 1. The Morgan fingerprint density at radius 1 is 1.21 bits per heavy atom. The van der Waals surface area contributed by atoms with Crippen LogP contribution >= 0.6 is 0 Å². The van der Waals surface area contributed by atoms with Crippen molar-refractivity contribution in [3.63, 3.8) is 0 Å². The van der Waals surface area contributed by atoms with E-state index in [0.29, 0.717) is 23.5 Å². The molecule has 0 unspecified atom stereocenters. The first-order valence-electron chi connectivity index (χ1n) is 8.16. The van der Waals surface area contributed by atoms with E-state index in [1.807, 2.05) is 0 Å². The molecule has 2 atom stereocenters. The van der Waals surface area contributed by atoms with Crippen molar-refractivity contribution in [3.05, 3.63) is 58.9 Å². The Labute approximate surface area is 138 Å². The molecule has 2 N–H and O–H groups in total. The number of amides is 1. The van der Waals surface area contributed by atoms with Gasteiger partial charge in [0.05, 0.1) is 17.7 Å². The molecule has 0 bridgehead atoms. The third kappa shape index (κ3) is 2.60. The second kappa shape index (κ2) is 5.70. The molecule has 2 aliphatic rings. The Morgan fingerprint density at radius 3 is 2.71 bits per heavy atom. The number of aliphatic hydroxyl groups is 1. The maximum Gasteiger partial charge on any atom is 0.256 e. The Balaban J connectivity index is 1.65. The van der Waals surface area contributed by atoms with Gasteiger partial charge in [-0.1, -0.05) is 6.07 Å². The molecule has 1 saturated heterocycles. The lowest BCUT2D eigenvalue weighted by atomic mass is 10.0. The molecule has 1 amide bonds. The smallest absolute Gasteiger partial charge is 0.256 e. The molecule has 1 aliphatic heterocycles. The molecule has 2 aromatic rings. The van der Waals surface area contributed by atoms with E-state index in [4.69, 9.17) is 0 Å². The fraction of sp³-hybridized carbons (Fsp3) is 0.389. The number of likely N-dealkylation sites (tertiary alicyclic amines) is 1. The van der Waals surface area contributed by atoms with Crippen LogP contribution < -0.4 is 0 Å². The van der Waals surface area contributed by atoms with Crippen molar-refractivity contribution in [2.24, 2.45) is 0 Å². The molecule has 126 valence electrons. The van der Waals surface area contributed by atoms with Crippen molar-refractivity contribution < 1.29 is 18.7 Å². The van der Waals surface area contributed by atoms with Crippen LogP contribution in [0.4, 0.5) is 8.78 Å². The van der Waals surface area contributed by atoms with Gasteiger partial charge in [-0.15, -0.1) is 0 Å². The number of H-pyrrole nitrogens is 1. The molecule has 2 fully saturated rings. The van der Waals surface area contributed by atoms with Crippen LogP contribution in [0.5, 0.6) is 0 Å². The van der Waals surface area contributed by atoms with Crippen LogP contribution in [0, 0.1) is 11.6 Å². The Bertz CT molecular complexity index is 785. The maximum atomic E-state index is 13.6. The van der Waals surface area contributed by atoms with Crippen LogP contribution in [0.15, 0.2) is 30.5 Å². The molecule has 1 aliphatic carbocycles. The average molecular weight is 332 g/mol. The van der Waals surface area contributed by atoms with Gasteiger partial charge in [-0.25, -0.2) is 8.78 Å². The number of aromatic nitrogens is 1. The highest BCUT2D eigenvalue weighted by Crippen LogP contribution is 2.42. The summed E-state index contributed by atoms with van der Waals surface area (Å²) < 4.78 is 26.7. The molecule has 24 heavy (non-hydrogen) atoms. The number of halogens is 2. The first-order valence-corrected chi connectivity index (χ1v) is 8.16. The summed E-state index contributed by atoms with van der Waals surface area (Å²) in [6, 6.07) is 4.94. The van der Waals surface area contributed by atoms with Crippen molar-refractivity contribution in [2.45, 2.75) is 37.3 Å². The minimum Gasteiger partial charge on any atom is -0.391 e. The highest BCUT2D eigenvalue weighted by atomic mass is 19.2. The molecule has 1 aromatic heterocycles. The predicted molar refractivity (Wildman–Crippen MR) is 83.5 cm³/mol. The van der Waals surface area contributed by atoms with Gasteiger partial charge in [0.15, 0.2) is 11.6 Å². The van der Waals surface area contributed by atoms with E-state index in [1.54, 1.807) is 17.2 Å². The van der Waals surface area contributed by atoms with Gasteiger partial charge in [0.1, 0.15) is 0 Å². The minimum absolute atomic E-state index is 0.176. The Morgan fingerprint density at radius 2 is 2.00 bits per heavy atom. The number of nitrogens with one attached hydrogen (secondary N) is 1. The van der Waals surface area contributed by atoms with E-state index in [9.17, 15) is 18.7 Å². The molecular weight excluding hydrogens is 314 g/mol. The molecule has 4 rings (SSSR count). The van der Waals surface area contributed by atoms with Gasteiger partial charge in [0.2, 0.25) is 0 Å². The van der Waals surface area contributed by atoms with E-state index in [-0.39, 0.29) is 12.5 Å².